The van der Waals surface area contributed by atoms with Gasteiger partial charge in [-0.15, -0.1) is 0 Å². The van der Waals surface area contributed by atoms with Crippen LogP contribution in [0.25, 0.3) is 6.08 Å². The lowest BCUT2D eigenvalue weighted by Gasteiger charge is -2.14. The molecule has 0 saturated carbocycles. The molecule has 188 valence electrons. The van der Waals surface area contributed by atoms with Crippen LogP contribution in [0.2, 0.25) is 10.0 Å². The van der Waals surface area contributed by atoms with Crippen LogP contribution in [0.3, 0.4) is 0 Å². The zero-order valence-electron chi connectivity index (χ0n) is 19.2. The van der Waals surface area contributed by atoms with Gasteiger partial charge in [-0.3, -0.25) is 14.5 Å². The van der Waals surface area contributed by atoms with Crippen LogP contribution in [0.15, 0.2) is 59.5 Å². The van der Waals surface area contributed by atoms with E-state index in [1.54, 1.807) is 54.6 Å². The van der Waals surface area contributed by atoms with Gasteiger partial charge in [0, 0.05) is 11.1 Å². The van der Waals surface area contributed by atoms with Crippen LogP contribution in [-0.4, -0.2) is 35.9 Å². The molecule has 5 rings (SSSR count). The molecule has 3 aromatic carbocycles. The fourth-order valence-electron chi connectivity index (χ4n) is 3.68. The summed E-state index contributed by atoms with van der Waals surface area (Å²) >= 11 is 13.2. The largest absolute Gasteiger partial charge is 0.493 e. The Hall–Kier alpha value is -3.66. The highest BCUT2D eigenvalue weighted by atomic mass is 35.5. The second-order valence-electron chi connectivity index (χ2n) is 7.84. The SMILES string of the molecule is COc1cc(/C=C2\SC(=O)N(Cc3cc4c(cc3Cl)OCO4)C2=O)ccc1OC(=O)c1ccccc1Cl. The van der Waals surface area contributed by atoms with Crippen molar-refractivity contribution in [1.29, 1.82) is 0 Å². The van der Waals surface area contributed by atoms with Gasteiger partial charge < -0.3 is 18.9 Å². The van der Waals surface area contributed by atoms with Crippen molar-refractivity contribution >= 4 is 58.2 Å². The maximum absolute atomic E-state index is 13.0. The first kappa shape index (κ1) is 25.0. The topological polar surface area (TPSA) is 91.4 Å². The van der Waals surface area contributed by atoms with Crippen LogP contribution < -0.4 is 18.9 Å². The Balaban J connectivity index is 1.34. The van der Waals surface area contributed by atoms with Crippen LogP contribution in [0.1, 0.15) is 21.5 Å². The highest BCUT2D eigenvalue weighted by Crippen LogP contribution is 2.40. The van der Waals surface area contributed by atoms with Crippen molar-refractivity contribution in [2.45, 2.75) is 6.54 Å². The van der Waals surface area contributed by atoms with E-state index in [1.165, 1.54) is 13.2 Å². The summed E-state index contributed by atoms with van der Waals surface area (Å²) in [7, 11) is 1.43. The Kier molecular flexibility index (Phi) is 7.01. The van der Waals surface area contributed by atoms with Crippen LogP contribution in [0.4, 0.5) is 4.79 Å². The molecular formula is C26H17Cl2NO7S. The predicted octanol–water partition coefficient (Wildman–Crippen LogP) is 6.19. The van der Waals surface area contributed by atoms with Gasteiger partial charge in [0.15, 0.2) is 23.0 Å². The lowest BCUT2D eigenvalue weighted by atomic mass is 10.1. The smallest absolute Gasteiger partial charge is 0.345 e. The van der Waals surface area contributed by atoms with E-state index < -0.39 is 17.1 Å². The number of rotatable bonds is 6. The van der Waals surface area contributed by atoms with Gasteiger partial charge in [0.25, 0.3) is 11.1 Å². The number of imide groups is 1. The summed E-state index contributed by atoms with van der Waals surface area (Å²) in [6.07, 6.45) is 1.56. The Morgan fingerprint density at radius 3 is 2.54 bits per heavy atom. The summed E-state index contributed by atoms with van der Waals surface area (Å²) in [6, 6.07) is 14.6. The van der Waals surface area contributed by atoms with Crippen molar-refractivity contribution in [2.24, 2.45) is 0 Å². The average Bonchev–Trinajstić information content (AvgIpc) is 3.44. The van der Waals surface area contributed by atoms with Crippen LogP contribution in [0, 0.1) is 0 Å². The van der Waals surface area contributed by atoms with Crippen molar-refractivity contribution in [3.8, 4) is 23.0 Å². The molecule has 2 amide bonds. The first-order chi connectivity index (χ1) is 17.8. The number of benzene rings is 3. The fourth-order valence-corrected chi connectivity index (χ4v) is 4.94. The zero-order chi connectivity index (χ0) is 26.1. The number of hydrogen-bond donors (Lipinski definition) is 0. The first-order valence-corrected chi connectivity index (χ1v) is 12.4. The van der Waals surface area contributed by atoms with Crippen molar-refractivity contribution < 1.29 is 33.3 Å². The number of methoxy groups -OCH3 is 1. The van der Waals surface area contributed by atoms with E-state index in [9.17, 15) is 14.4 Å². The van der Waals surface area contributed by atoms with Gasteiger partial charge in [-0.2, -0.15) is 0 Å². The molecule has 0 aliphatic carbocycles. The molecule has 8 nitrogen and oxygen atoms in total. The lowest BCUT2D eigenvalue weighted by Crippen LogP contribution is -2.27. The van der Waals surface area contributed by atoms with Crippen LogP contribution in [0.5, 0.6) is 23.0 Å². The standard InChI is InChI=1S/C26H17Cl2NO7S/c1-33-20-8-14(6-7-19(20)36-25(31)16-4-2-3-5-17(16)27)9-23-24(30)29(26(32)37-23)12-15-10-21-22(11-18(15)28)35-13-34-21/h2-11H,12-13H2,1H3/b23-9-. The molecule has 2 aliphatic rings. The number of thioether (sulfide) groups is 1. The number of hydrogen-bond acceptors (Lipinski definition) is 8. The van der Waals surface area contributed by atoms with Gasteiger partial charge in [0.2, 0.25) is 6.79 Å². The van der Waals surface area contributed by atoms with E-state index in [1.807, 2.05) is 0 Å². The number of carbonyl (C=O) groups is 3. The van der Waals surface area contributed by atoms with Gasteiger partial charge in [-0.25, -0.2) is 4.79 Å². The quantitative estimate of drug-likeness (QED) is 0.201. The van der Waals surface area contributed by atoms with Gasteiger partial charge in [-0.1, -0.05) is 41.4 Å². The Labute approximate surface area is 225 Å². The third kappa shape index (κ3) is 5.11. The number of nitrogens with zero attached hydrogens (tertiary/aromatic N) is 1. The minimum atomic E-state index is -0.639. The molecule has 0 bridgehead atoms. The number of carbonyl (C=O) groups excluding carboxylic acids is 3. The minimum absolute atomic E-state index is 0.0161. The van der Waals surface area contributed by atoms with Crippen molar-refractivity contribution in [3.05, 3.63) is 86.2 Å². The number of amides is 2. The highest BCUT2D eigenvalue weighted by molar-refractivity contribution is 8.18. The number of esters is 1. The average molecular weight is 558 g/mol. The summed E-state index contributed by atoms with van der Waals surface area (Å²) in [4.78, 5) is 39.5. The monoisotopic (exact) mass is 557 g/mol. The molecule has 3 aromatic rings. The second kappa shape index (κ2) is 10.4. The van der Waals surface area contributed by atoms with E-state index >= 15 is 0 Å². The van der Waals surface area contributed by atoms with Crippen molar-refractivity contribution in [2.75, 3.05) is 13.9 Å². The lowest BCUT2D eigenvalue weighted by molar-refractivity contribution is -0.123. The third-order valence-electron chi connectivity index (χ3n) is 5.53. The molecule has 0 aromatic heterocycles. The van der Waals surface area contributed by atoms with E-state index in [2.05, 4.69) is 0 Å². The van der Waals surface area contributed by atoms with Gasteiger partial charge >= 0.3 is 5.97 Å². The summed E-state index contributed by atoms with van der Waals surface area (Å²) in [6.45, 7) is 0.0681. The molecule has 11 heteroatoms. The number of halogens is 2. The maximum atomic E-state index is 13.0. The number of fused-ring (bicyclic) bond motifs is 1. The molecule has 0 spiro atoms. The second-order valence-corrected chi connectivity index (χ2v) is 9.65. The van der Waals surface area contributed by atoms with E-state index in [0.29, 0.717) is 27.6 Å². The van der Waals surface area contributed by atoms with Crippen LogP contribution >= 0.6 is 35.0 Å². The molecular weight excluding hydrogens is 541 g/mol. The molecule has 1 fully saturated rings. The molecule has 1 saturated heterocycles. The van der Waals surface area contributed by atoms with E-state index in [4.69, 9.17) is 42.1 Å². The Morgan fingerprint density at radius 1 is 1.03 bits per heavy atom. The van der Waals surface area contributed by atoms with Crippen molar-refractivity contribution in [3.63, 3.8) is 0 Å². The Morgan fingerprint density at radius 2 is 1.78 bits per heavy atom. The van der Waals surface area contributed by atoms with Gasteiger partial charge in [-0.05, 0) is 59.3 Å². The van der Waals surface area contributed by atoms with E-state index in [0.717, 1.165) is 16.7 Å². The maximum Gasteiger partial charge on any atom is 0.345 e. The first-order valence-electron chi connectivity index (χ1n) is 10.8. The zero-order valence-corrected chi connectivity index (χ0v) is 21.5. The highest BCUT2D eigenvalue weighted by Gasteiger charge is 2.36. The normalized spacial score (nSPS) is 15.4. The molecule has 0 atom stereocenters. The molecule has 37 heavy (non-hydrogen) atoms. The van der Waals surface area contributed by atoms with Crippen LogP contribution in [-0.2, 0) is 11.3 Å². The summed E-state index contributed by atoms with van der Waals surface area (Å²) in [5.41, 5.74) is 1.34. The molecule has 2 heterocycles. The van der Waals surface area contributed by atoms with Gasteiger partial charge in [0.05, 0.1) is 29.1 Å². The van der Waals surface area contributed by atoms with E-state index in [-0.39, 0.29) is 40.3 Å². The fraction of sp³-hybridized carbons (Fsp3) is 0.115. The van der Waals surface area contributed by atoms with Crippen molar-refractivity contribution in [1.82, 2.24) is 4.90 Å². The Bertz CT molecular complexity index is 1470. The predicted molar refractivity (Wildman–Crippen MR) is 138 cm³/mol. The third-order valence-corrected chi connectivity index (χ3v) is 7.11. The summed E-state index contributed by atoms with van der Waals surface area (Å²) in [5.74, 6) is 0.356. The summed E-state index contributed by atoms with van der Waals surface area (Å²) < 4.78 is 21.5. The number of ether oxygens (including phenoxy) is 4. The molecule has 0 N–H and O–H groups in total. The molecule has 2 aliphatic heterocycles. The summed E-state index contributed by atoms with van der Waals surface area (Å²) in [5, 5.41) is 0.196. The molecule has 0 unspecified atom stereocenters. The minimum Gasteiger partial charge on any atom is -0.493 e. The van der Waals surface area contributed by atoms with Gasteiger partial charge in [0.1, 0.15) is 0 Å². The molecule has 0 radical (unpaired) electrons.